The summed E-state index contributed by atoms with van der Waals surface area (Å²) in [5.74, 6) is 7.34. The minimum atomic E-state index is -10.7. The molecule has 0 unspecified atom stereocenters. The van der Waals surface area contributed by atoms with Crippen molar-refractivity contribution in [2.75, 3.05) is 20.0 Å². The number of allylic oxidation sites excluding steroid dienone is 2. The van der Waals surface area contributed by atoms with Gasteiger partial charge in [0.15, 0.2) is 0 Å². The molecule has 0 atom stereocenters. The van der Waals surface area contributed by atoms with Gasteiger partial charge in [-0.2, -0.15) is 6.92 Å². The van der Waals surface area contributed by atoms with E-state index in [1.54, 1.807) is 0 Å². The maximum atomic E-state index is 9.87. The fourth-order valence-corrected chi connectivity index (χ4v) is 2.41. The first-order chi connectivity index (χ1) is 12.5. The molecule has 11 heteroatoms. The van der Waals surface area contributed by atoms with Crippen LogP contribution in [0.25, 0.3) is 0 Å². The van der Waals surface area contributed by atoms with Crippen LogP contribution >= 0.6 is 15.1 Å². The van der Waals surface area contributed by atoms with E-state index < -0.39 is 15.1 Å². The van der Waals surface area contributed by atoms with Crippen molar-refractivity contribution >= 4 is 15.1 Å². The molecule has 0 aromatic rings. The molecule has 2 nitrogen and oxygen atoms in total. The summed E-state index contributed by atoms with van der Waals surface area (Å²) in [7, 11) is -11.5. The second kappa shape index (κ2) is 14.4. The molecule has 30 heavy (non-hydrogen) atoms. The summed E-state index contributed by atoms with van der Waals surface area (Å²) in [4.78, 5) is 0. The van der Waals surface area contributed by atoms with Crippen molar-refractivity contribution in [1.29, 1.82) is 0 Å². The SMILES string of the molecule is C[C]1[C](C)[C](C)[C](C)[C]1C.F[P-](F)(F)(F)(F)F.[C-]#[O+].[C-]#[O+].[CH2-]C(=[C-]C)[P+](C)(C)C.[Re]. The van der Waals surface area contributed by atoms with Crippen LogP contribution in [0.5, 0.6) is 0 Å². The fraction of sp³-hybridized carbons (Fsp3) is 0.474. The Morgan fingerprint density at radius 2 is 0.867 bits per heavy atom. The Bertz CT molecular complexity index is 477. The predicted octanol–water partition coefficient (Wildman–Crippen LogP) is 8.71. The third kappa shape index (κ3) is 26.2. The standard InChI is InChI=1S/C10H15.C7H14P.2CO.F6P.Re/c1-6-7(2)9(4)10(5)8(6)3;1-6-7(2)8(3,4)5;2*1-2;1-7(2,3,4,5)6;/h1-5H3;2H2,1,3-5H3;;;;/q;-1;;;-1;. The van der Waals surface area contributed by atoms with Crippen molar-refractivity contribution in [1.82, 2.24) is 0 Å². The van der Waals surface area contributed by atoms with E-state index in [0.29, 0.717) is 0 Å². The Morgan fingerprint density at radius 1 is 0.733 bits per heavy atom. The topological polar surface area (TPSA) is 39.8 Å². The summed E-state index contributed by atoms with van der Waals surface area (Å²) in [6, 6.07) is 0. The van der Waals surface area contributed by atoms with Gasteiger partial charge in [0.2, 0.25) is 0 Å². The minimum absolute atomic E-state index is 0. The smallest absolute Gasteiger partial charge is 0.0477 e. The van der Waals surface area contributed by atoms with E-state index in [0.717, 1.165) is 0 Å². The minimum Gasteiger partial charge on any atom is -0.491 e. The van der Waals surface area contributed by atoms with Crippen LogP contribution in [0.4, 0.5) is 25.2 Å². The Kier molecular flexibility index (Phi) is 19.4. The van der Waals surface area contributed by atoms with Gasteiger partial charge in [0.05, 0.1) is 0 Å². The van der Waals surface area contributed by atoms with Crippen LogP contribution in [0.2, 0.25) is 0 Å². The fourth-order valence-electron chi connectivity index (χ4n) is 1.74. The first kappa shape index (κ1) is 40.5. The van der Waals surface area contributed by atoms with Crippen LogP contribution < -0.4 is 0 Å². The van der Waals surface area contributed by atoms with Gasteiger partial charge in [-0.3, -0.25) is 0 Å². The summed E-state index contributed by atoms with van der Waals surface area (Å²) in [6.45, 7) is 32.5. The molecule has 0 heterocycles. The van der Waals surface area contributed by atoms with Gasteiger partial charge in [0, 0.05) is 40.4 Å². The average Bonchev–Trinajstić information content (AvgIpc) is 2.72. The maximum Gasteiger partial charge on any atom is 0.0477 e. The first-order valence-corrected chi connectivity index (χ1v) is 13.0. The molecular formula is C19H29F6O2P2Re-2. The van der Waals surface area contributed by atoms with Gasteiger partial charge >= 0.3 is 55.6 Å². The molecule has 0 bridgehead atoms. The van der Waals surface area contributed by atoms with Gasteiger partial charge in [-0.15, -0.1) is 0 Å². The molecule has 0 spiro atoms. The predicted molar refractivity (Wildman–Crippen MR) is 108 cm³/mol. The zero-order valence-corrected chi connectivity index (χ0v) is 23.1. The molecule has 0 amide bonds. The zero-order valence-electron chi connectivity index (χ0n) is 18.6. The van der Waals surface area contributed by atoms with Crippen LogP contribution in [0.3, 0.4) is 0 Å². The largest absolute Gasteiger partial charge is 0.491 e. The van der Waals surface area contributed by atoms with E-state index in [4.69, 9.17) is 9.30 Å². The van der Waals surface area contributed by atoms with E-state index >= 15 is 0 Å². The van der Waals surface area contributed by atoms with Crippen LogP contribution in [-0.2, 0) is 29.7 Å². The van der Waals surface area contributed by atoms with Crippen molar-refractivity contribution < 1.29 is 54.9 Å². The summed E-state index contributed by atoms with van der Waals surface area (Å²) >= 11 is 0. The van der Waals surface area contributed by atoms with Crippen LogP contribution in [0, 0.1) is 55.9 Å². The summed E-state index contributed by atoms with van der Waals surface area (Å²) in [5, 5.41) is 1.19. The van der Waals surface area contributed by atoms with Crippen molar-refractivity contribution in [2.24, 2.45) is 0 Å². The first-order valence-electron chi connectivity index (χ1n) is 7.84. The molecule has 0 saturated heterocycles. The maximum absolute atomic E-state index is 10.7. The Labute approximate surface area is 192 Å². The quantitative estimate of drug-likeness (QED) is 0.118. The Balaban J connectivity index is -0.0000000959. The molecule has 0 N–H and O–H groups in total. The van der Waals surface area contributed by atoms with Crippen LogP contribution in [-0.4, -0.2) is 20.0 Å². The molecule has 0 aromatic heterocycles. The van der Waals surface area contributed by atoms with Crippen molar-refractivity contribution in [2.45, 2.75) is 41.5 Å². The third-order valence-electron chi connectivity index (χ3n) is 3.91. The second-order valence-electron chi connectivity index (χ2n) is 6.79. The van der Waals surface area contributed by atoms with Gasteiger partial charge in [0.1, 0.15) is 0 Å². The van der Waals surface area contributed by atoms with E-state index in [2.05, 4.69) is 80.9 Å². The number of rotatable bonds is 1. The van der Waals surface area contributed by atoms with Gasteiger partial charge in [0.25, 0.3) is 0 Å². The number of hydrogen-bond donors (Lipinski definition) is 0. The van der Waals surface area contributed by atoms with Crippen molar-refractivity contribution in [3.05, 3.63) is 61.2 Å². The summed E-state index contributed by atoms with van der Waals surface area (Å²) < 4.78 is 74.2. The molecule has 0 aromatic carbocycles. The van der Waals surface area contributed by atoms with E-state index in [-0.39, 0.29) is 20.4 Å². The summed E-state index contributed by atoms with van der Waals surface area (Å²) in [5.41, 5.74) is 0. The molecule has 1 aliphatic carbocycles. The monoisotopic (exact) mass is 652 g/mol. The molecule has 1 saturated carbocycles. The zero-order chi connectivity index (χ0) is 25.1. The third-order valence-corrected chi connectivity index (χ3v) is 5.75. The van der Waals surface area contributed by atoms with Crippen molar-refractivity contribution in [3.8, 4) is 0 Å². The van der Waals surface area contributed by atoms with Gasteiger partial charge in [-0.05, 0) is 36.9 Å². The molecule has 178 valence electrons. The Hall–Kier alpha value is 0.192. The molecule has 1 aliphatic rings. The van der Waals surface area contributed by atoms with Crippen molar-refractivity contribution in [3.63, 3.8) is 0 Å². The van der Waals surface area contributed by atoms with Gasteiger partial charge in [-0.1, -0.05) is 34.6 Å². The van der Waals surface area contributed by atoms with Gasteiger partial charge < -0.3 is 13.0 Å². The summed E-state index contributed by atoms with van der Waals surface area (Å²) in [6.07, 6.45) is 3.06. The van der Waals surface area contributed by atoms with Gasteiger partial charge in [-0.25, -0.2) is 5.31 Å². The van der Waals surface area contributed by atoms with Crippen LogP contribution in [0.15, 0.2) is 5.31 Å². The Morgan fingerprint density at radius 3 is 0.900 bits per heavy atom. The second-order valence-corrected chi connectivity index (χ2v) is 13.3. The molecule has 1 rings (SSSR count). The van der Waals surface area contributed by atoms with E-state index in [1.807, 2.05) is 6.92 Å². The average molecular weight is 652 g/mol. The number of hydrogen-bond acceptors (Lipinski definition) is 0. The van der Waals surface area contributed by atoms with Crippen LogP contribution in [0.1, 0.15) is 41.5 Å². The molecule has 6 radical (unpaired) electrons. The number of halogens is 6. The molecule has 1 fully saturated rings. The van der Waals surface area contributed by atoms with E-state index in [9.17, 15) is 25.2 Å². The molecular weight excluding hydrogens is 622 g/mol. The van der Waals surface area contributed by atoms with E-state index in [1.165, 1.54) is 34.9 Å². The molecule has 0 aliphatic heterocycles. The normalized spacial score (nSPS) is 18.8.